The lowest BCUT2D eigenvalue weighted by atomic mass is 10.0. The minimum atomic E-state index is -0.0793. The van der Waals surface area contributed by atoms with Crippen LogP contribution in [-0.4, -0.2) is 14.6 Å². The zero-order chi connectivity index (χ0) is 14.9. The van der Waals surface area contributed by atoms with Gasteiger partial charge in [-0.2, -0.15) is 9.78 Å². The van der Waals surface area contributed by atoms with Gasteiger partial charge in [-0.25, -0.2) is 4.98 Å². The molecular weight excluding hydrogens is 252 g/mol. The molecule has 0 saturated carbocycles. The summed E-state index contributed by atoms with van der Waals surface area (Å²) in [7, 11) is 0. The fraction of sp³-hybridized carbons (Fsp3) is 0.533. The van der Waals surface area contributed by atoms with E-state index in [1.54, 1.807) is 0 Å². The van der Waals surface area contributed by atoms with Crippen LogP contribution >= 0.6 is 0 Å². The van der Waals surface area contributed by atoms with E-state index >= 15 is 0 Å². The van der Waals surface area contributed by atoms with Crippen LogP contribution < -0.4 is 5.56 Å². The van der Waals surface area contributed by atoms with E-state index in [0.717, 1.165) is 29.8 Å². The molecule has 106 valence electrons. The Kier molecular flexibility index (Phi) is 3.93. The Hall–Kier alpha value is -2.09. The molecule has 0 bridgehead atoms. The number of nitriles is 1. The zero-order valence-corrected chi connectivity index (χ0v) is 12.4. The predicted octanol–water partition coefficient (Wildman–Crippen LogP) is 2.67. The first-order chi connectivity index (χ1) is 9.51. The fourth-order valence-electron chi connectivity index (χ4n) is 2.33. The number of aromatic nitrogens is 3. The van der Waals surface area contributed by atoms with Crippen molar-refractivity contribution in [1.82, 2.24) is 14.6 Å². The van der Waals surface area contributed by atoms with Crippen LogP contribution in [0, 0.1) is 18.3 Å². The van der Waals surface area contributed by atoms with Crippen LogP contribution in [-0.2, 0) is 6.42 Å². The van der Waals surface area contributed by atoms with E-state index in [4.69, 9.17) is 0 Å². The lowest BCUT2D eigenvalue weighted by Gasteiger charge is -2.07. The third-order valence-corrected chi connectivity index (χ3v) is 3.62. The number of aromatic amines is 1. The molecule has 0 aromatic carbocycles. The highest BCUT2D eigenvalue weighted by molar-refractivity contribution is 5.60. The van der Waals surface area contributed by atoms with Crippen LogP contribution in [0.5, 0.6) is 0 Å². The molecule has 0 spiro atoms. The van der Waals surface area contributed by atoms with E-state index in [0.29, 0.717) is 17.6 Å². The van der Waals surface area contributed by atoms with Crippen molar-refractivity contribution < 1.29 is 0 Å². The van der Waals surface area contributed by atoms with Gasteiger partial charge in [-0.1, -0.05) is 27.2 Å². The Bertz CT molecular complexity index is 731. The van der Waals surface area contributed by atoms with Crippen molar-refractivity contribution in [3.63, 3.8) is 0 Å². The number of rotatable bonds is 4. The molecule has 2 heterocycles. The van der Waals surface area contributed by atoms with Gasteiger partial charge in [0.25, 0.3) is 5.56 Å². The van der Waals surface area contributed by atoms with Gasteiger partial charge in [-0.3, -0.25) is 9.89 Å². The molecule has 2 aromatic rings. The highest BCUT2D eigenvalue weighted by Crippen LogP contribution is 2.18. The second-order valence-corrected chi connectivity index (χ2v) is 5.42. The number of nitrogens with zero attached hydrogens (tertiary/aromatic N) is 3. The maximum Gasteiger partial charge on any atom is 0.274 e. The summed E-state index contributed by atoms with van der Waals surface area (Å²) in [6.07, 6.45) is 2.66. The molecule has 5 nitrogen and oxygen atoms in total. The van der Waals surface area contributed by atoms with Crippen molar-refractivity contribution in [2.75, 3.05) is 0 Å². The fourth-order valence-corrected chi connectivity index (χ4v) is 2.33. The zero-order valence-electron chi connectivity index (χ0n) is 12.4. The molecule has 1 N–H and O–H groups in total. The molecule has 20 heavy (non-hydrogen) atoms. The van der Waals surface area contributed by atoms with Crippen molar-refractivity contribution in [2.24, 2.45) is 0 Å². The minimum absolute atomic E-state index is 0.0793. The molecule has 0 aliphatic rings. The molecule has 2 aromatic heterocycles. The predicted molar refractivity (Wildman–Crippen MR) is 78.0 cm³/mol. The third kappa shape index (κ3) is 2.22. The van der Waals surface area contributed by atoms with Gasteiger partial charge in [0.2, 0.25) is 0 Å². The Morgan fingerprint density at radius 3 is 2.70 bits per heavy atom. The second kappa shape index (κ2) is 5.49. The van der Waals surface area contributed by atoms with Crippen molar-refractivity contribution >= 4 is 5.65 Å². The maximum atomic E-state index is 12.5. The van der Waals surface area contributed by atoms with Crippen molar-refractivity contribution in [1.29, 1.82) is 5.26 Å². The van der Waals surface area contributed by atoms with Gasteiger partial charge in [0, 0.05) is 11.5 Å². The molecule has 0 aliphatic heterocycles. The average Bonchev–Trinajstić information content (AvgIpc) is 2.84. The standard InChI is InChI=1S/C15H20N4O/c1-5-6-7-11-10(4)12(8-16)14-17-13(9(2)3)18-19(14)15(11)20/h9H,5-7H2,1-4H3,(H,17,18). The molecule has 0 amide bonds. The summed E-state index contributed by atoms with van der Waals surface area (Å²) in [5.41, 5.74) is 2.36. The van der Waals surface area contributed by atoms with Crippen molar-refractivity contribution in [3.05, 3.63) is 32.9 Å². The van der Waals surface area contributed by atoms with Crippen molar-refractivity contribution in [3.8, 4) is 6.07 Å². The molecule has 0 atom stereocenters. The molecule has 0 fully saturated rings. The first-order valence-electron chi connectivity index (χ1n) is 7.05. The first kappa shape index (κ1) is 14.3. The summed E-state index contributed by atoms with van der Waals surface area (Å²) in [4.78, 5) is 17.0. The average molecular weight is 272 g/mol. The van der Waals surface area contributed by atoms with Gasteiger partial charge in [-0.05, 0) is 25.3 Å². The summed E-state index contributed by atoms with van der Waals surface area (Å²) < 4.78 is 1.42. The van der Waals surface area contributed by atoms with Gasteiger partial charge in [-0.15, -0.1) is 0 Å². The van der Waals surface area contributed by atoms with Crippen molar-refractivity contribution in [2.45, 2.75) is 52.9 Å². The number of fused-ring (bicyclic) bond motifs is 1. The second-order valence-electron chi connectivity index (χ2n) is 5.42. The van der Waals surface area contributed by atoms with Crippen LogP contribution in [0.1, 0.15) is 62.0 Å². The van der Waals surface area contributed by atoms with Gasteiger partial charge >= 0.3 is 0 Å². The monoisotopic (exact) mass is 272 g/mol. The first-order valence-corrected chi connectivity index (χ1v) is 7.05. The number of hydrogen-bond donors (Lipinski definition) is 1. The summed E-state index contributed by atoms with van der Waals surface area (Å²) in [6.45, 7) is 7.93. The van der Waals surface area contributed by atoms with E-state index in [1.165, 1.54) is 4.52 Å². The SMILES string of the molecule is CCCCc1c(C)c(C#N)c2nc(C(C)C)[nH]n2c1=O. The summed E-state index contributed by atoms with van der Waals surface area (Å²) in [5, 5.41) is 12.4. The number of unbranched alkanes of at least 4 members (excludes halogenated alkanes) is 1. The summed E-state index contributed by atoms with van der Waals surface area (Å²) in [5.74, 6) is 0.908. The largest absolute Gasteiger partial charge is 0.276 e. The lowest BCUT2D eigenvalue weighted by Crippen LogP contribution is -2.22. The molecule has 0 radical (unpaired) electrons. The van der Waals surface area contributed by atoms with E-state index in [1.807, 2.05) is 20.8 Å². The lowest BCUT2D eigenvalue weighted by molar-refractivity contribution is 0.743. The van der Waals surface area contributed by atoms with Crippen LogP contribution in [0.4, 0.5) is 0 Å². The van der Waals surface area contributed by atoms with Gasteiger partial charge in [0.05, 0.1) is 0 Å². The van der Waals surface area contributed by atoms with Gasteiger partial charge < -0.3 is 0 Å². The Balaban J connectivity index is 2.78. The highest BCUT2D eigenvalue weighted by atomic mass is 16.1. The summed E-state index contributed by atoms with van der Waals surface area (Å²) in [6, 6.07) is 2.19. The molecule has 0 saturated heterocycles. The maximum absolute atomic E-state index is 12.5. The Morgan fingerprint density at radius 1 is 1.45 bits per heavy atom. The Morgan fingerprint density at radius 2 is 2.15 bits per heavy atom. The smallest absolute Gasteiger partial charge is 0.274 e. The molecular formula is C15H20N4O. The van der Waals surface area contributed by atoms with E-state index < -0.39 is 0 Å². The quantitative estimate of drug-likeness (QED) is 0.929. The van der Waals surface area contributed by atoms with E-state index in [2.05, 4.69) is 23.1 Å². The van der Waals surface area contributed by atoms with Crippen LogP contribution in [0.2, 0.25) is 0 Å². The van der Waals surface area contributed by atoms with E-state index in [9.17, 15) is 10.1 Å². The number of H-pyrrole nitrogens is 1. The molecule has 5 heteroatoms. The highest BCUT2D eigenvalue weighted by Gasteiger charge is 2.18. The van der Waals surface area contributed by atoms with Crippen LogP contribution in [0.15, 0.2) is 4.79 Å². The van der Waals surface area contributed by atoms with Crippen LogP contribution in [0.3, 0.4) is 0 Å². The third-order valence-electron chi connectivity index (χ3n) is 3.62. The molecule has 0 aliphatic carbocycles. The van der Waals surface area contributed by atoms with Crippen LogP contribution in [0.25, 0.3) is 5.65 Å². The normalized spacial score (nSPS) is 11.2. The van der Waals surface area contributed by atoms with Gasteiger partial charge in [0.15, 0.2) is 5.65 Å². The number of hydrogen-bond acceptors (Lipinski definition) is 3. The summed E-state index contributed by atoms with van der Waals surface area (Å²) >= 11 is 0. The Labute approximate surface area is 118 Å². The van der Waals surface area contributed by atoms with Gasteiger partial charge in [0.1, 0.15) is 17.5 Å². The number of pyridine rings is 1. The number of nitrogens with one attached hydrogen (secondary N) is 1. The topological polar surface area (TPSA) is 73.9 Å². The molecule has 0 unspecified atom stereocenters. The van der Waals surface area contributed by atoms with E-state index in [-0.39, 0.29) is 11.5 Å². The molecule has 2 rings (SSSR count). The minimum Gasteiger partial charge on any atom is -0.276 e.